The standard InChI is InChI=1S/C21H19N3O3S/c25-13-10-8-12(9-11-13)24-21(27)15-5-3-4-14(19(15)28-24)18-20(26)23-17-7-2-1-6-16(17)22-18/h1-7,12-13,25H,8-11H2,(H,23,26). The quantitative estimate of drug-likeness (QED) is 0.546. The molecule has 0 spiro atoms. The third-order valence-electron chi connectivity index (χ3n) is 5.49. The van der Waals surface area contributed by atoms with Crippen LogP contribution in [0, 0.1) is 0 Å². The van der Waals surface area contributed by atoms with Crippen molar-refractivity contribution in [1.82, 2.24) is 13.9 Å². The summed E-state index contributed by atoms with van der Waals surface area (Å²) in [5.41, 5.74) is 2.12. The Labute approximate surface area is 164 Å². The molecule has 0 radical (unpaired) electrons. The normalized spacial score (nSPS) is 20.0. The van der Waals surface area contributed by atoms with Gasteiger partial charge in [-0.15, -0.1) is 0 Å². The zero-order chi connectivity index (χ0) is 19.3. The summed E-state index contributed by atoms with van der Waals surface area (Å²) >= 11 is 1.40. The summed E-state index contributed by atoms with van der Waals surface area (Å²) in [7, 11) is 0. The van der Waals surface area contributed by atoms with E-state index in [9.17, 15) is 14.7 Å². The molecule has 1 aliphatic rings. The highest BCUT2D eigenvalue weighted by Crippen LogP contribution is 2.34. The number of H-pyrrole nitrogens is 1. The number of aliphatic hydroxyl groups excluding tert-OH is 1. The lowest BCUT2D eigenvalue weighted by Crippen LogP contribution is -2.25. The second kappa shape index (κ2) is 6.68. The lowest BCUT2D eigenvalue weighted by molar-refractivity contribution is 0.112. The van der Waals surface area contributed by atoms with Crippen molar-refractivity contribution in [3.05, 3.63) is 63.2 Å². The molecule has 6 nitrogen and oxygen atoms in total. The SMILES string of the molecule is O=c1[nH]c2ccccc2nc1-c1cccc2c(=O)n(C3CCC(O)CC3)sc12. The Morgan fingerprint density at radius 3 is 2.64 bits per heavy atom. The van der Waals surface area contributed by atoms with Gasteiger partial charge in [0.1, 0.15) is 5.69 Å². The number of hydrogen-bond acceptors (Lipinski definition) is 5. The van der Waals surface area contributed by atoms with Crippen LogP contribution in [0.25, 0.3) is 32.4 Å². The molecular formula is C21H19N3O3S. The van der Waals surface area contributed by atoms with Crippen LogP contribution in [0.3, 0.4) is 0 Å². The number of hydrogen-bond donors (Lipinski definition) is 2. The average molecular weight is 393 g/mol. The van der Waals surface area contributed by atoms with E-state index >= 15 is 0 Å². The zero-order valence-electron chi connectivity index (χ0n) is 15.1. The number of aliphatic hydroxyl groups is 1. The smallest absolute Gasteiger partial charge is 0.275 e. The van der Waals surface area contributed by atoms with Crippen LogP contribution in [0.4, 0.5) is 0 Å². The van der Waals surface area contributed by atoms with E-state index < -0.39 is 0 Å². The Morgan fingerprint density at radius 2 is 1.82 bits per heavy atom. The minimum atomic E-state index is -0.266. The highest BCUT2D eigenvalue weighted by Gasteiger charge is 2.24. The largest absolute Gasteiger partial charge is 0.393 e. The summed E-state index contributed by atoms with van der Waals surface area (Å²) in [5, 5.41) is 10.4. The molecule has 2 aromatic carbocycles. The van der Waals surface area contributed by atoms with Gasteiger partial charge in [0, 0.05) is 11.6 Å². The third kappa shape index (κ3) is 2.78. The number of aromatic nitrogens is 3. The van der Waals surface area contributed by atoms with Gasteiger partial charge in [0.15, 0.2) is 0 Å². The van der Waals surface area contributed by atoms with E-state index in [4.69, 9.17) is 0 Å². The molecule has 2 heterocycles. The van der Waals surface area contributed by atoms with Crippen molar-refractivity contribution in [2.75, 3.05) is 0 Å². The van der Waals surface area contributed by atoms with Gasteiger partial charge in [-0.05, 0) is 43.9 Å². The van der Waals surface area contributed by atoms with Crippen LogP contribution in [0.2, 0.25) is 0 Å². The molecule has 7 heteroatoms. The number of nitrogens with one attached hydrogen (secondary N) is 1. The van der Waals surface area contributed by atoms with E-state index in [2.05, 4.69) is 9.97 Å². The van der Waals surface area contributed by atoms with Crippen molar-refractivity contribution in [1.29, 1.82) is 0 Å². The Morgan fingerprint density at radius 1 is 1.04 bits per heavy atom. The Kier molecular flexibility index (Phi) is 4.14. The first-order valence-electron chi connectivity index (χ1n) is 9.44. The molecule has 2 aromatic heterocycles. The molecular weight excluding hydrogens is 374 g/mol. The maximum absolute atomic E-state index is 13.0. The van der Waals surface area contributed by atoms with Gasteiger partial charge in [-0.2, -0.15) is 0 Å². The number of rotatable bonds is 2. The van der Waals surface area contributed by atoms with E-state index in [0.717, 1.165) is 17.5 Å². The van der Waals surface area contributed by atoms with Crippen LogP contribution in [-0.2, 0) is 0 Å². The summed E-state index contributed by atoms with van der Waals surface area (Å²) in [5.74, 6) is 0. The Balaban J connectivity index is 1.69. The maximum Gasteiger partial charge on any atom is 0.275 e. The minimum absolute atomic E-state index is 0.0274. The average Bonchev–Trinajstić information content (AvgIpc) is 3.05. The van der Waals surface area contributed by atoms with Crippen molar-refractivity contribution in [2.45, 2.75) is 37.8 Å². The summed E-state index contributed by atoms with van der Waals surface area (Å²) in [4.78, 5) is 33.1. The van der Waals surface area contributed by atoms with Crippen molar-refractivity contribution in [3.8, 4) is 11.3 Å². The molecule has 4 aromatic rings. The molecule has 1 aliphatic carbocycles. The van der Waals surface area contributed by atoms with Crippen LogP contribution < -0.4 is 11.1 Å². The summed E-state index contributed by atoms with van der Waals surface area (Å²) < 4.78 is 2.60. The molecule has 142 valence electrons. The first-order valence-corrected chi connectivity index (χ1v) is 10.2. The van der Waals surface area contributed by atoms with E-state index in [1.165, 1.54) is 11.5 Å². The van der Waals surface area contributed by atoms with Gasteiger partial charge in [0.05, 0.1) is 27.2 Å². The number of nitrogens with zero attached hydrogens (tertiary/aromatic N) is 2. The second-order valence-electron chi connectivity index (χ2n) is 7.30. The summed E-state index contributed by atoms with van der Waals surface area (Å²) in [6, 6.07) is 13.0. The summed E-state index contributed by atoms with van der Waals surface area (Å²) in [6.07, 6.45) is 2.74. The third-order valence-corrected chi connectivity index (χ3v) is 6.77. The molecule has 5 rings (SSSR count). The topological polar surface area (TPSA) is 88.0 Å². The van der Waals surface area contributed by atoms with Crippen molar-refractivity contribution < 1.29 is 5.11 Å². The van der Waals surface area contributed by atoms with E-state index in [0.29, 0.717) is 40.5 Å². The van der Waals surface area contributed by atoms with Gasteiger partial charge in [0.2, 0.25) is 0 Å². The summed E-state index contributed by atoms with van der Waals surface area (Å²) in [6.45, 7) is 0. The van der Waals surface area contributed by atoms with E-state index in [1.807, 2.05) is 34.3 Å². The Bertz CT molecular complexity index is 1300. The van der Waals surface area contributed by atoms with E-state index in [-0.39, 0.29) is 23.3 Å². The lowest BCUT2D eigenvalue weighted by atomic mass is 9.93. The van der Waals surface area contributed by atoms with Gasteiger partial charge < -0.3 is 10.1 Å². The van der Waals surface area contributed by atoms with Crippen LogP contribution in [-0.4, -0.2) is 25.1 Å². The monoisotopic (exact) mass is 393 g/mol. The molecule has 0 bridgehead atoms. The van der Waals surface area contributed by atoms with Gasteiger partial charge in [0.25, 0.3) is 11.1 Å². The first kappa shape index (κ1) is 17.3. The molecule has 0 aliphatic heterocycles. The maximum atomic E-state index is 13.0. The number of fused-ring (bicyclic) bond motifs is 2. The van der Waals surface area contributed by atoms with Crippen molar-refractivity contribution in [3.63, 3.8) is 0 Å². The van der Waals surface area contributed by atoms with Crippen LogP contribution >= 0.6 is 11.5 Å². The van der Waals surface area contributed by atoms with Gasteiger partial charge in [-0.25, -0.2) is 4.98 Å². The van der Waals surface area contributed by atoms with Crippen molar-refractivity contribution in [2.24, 2.45) is 0 Å². The lowest BCUT2D eigenvalue weighted by Gasteiger charge is -2.25. The fourth-order valence-corrected chi connectivity index (χ4v) is 5.25. The predicted octanol–water partition coefficient (Wildman–Crippen LogP) is 3.44. The number of para-hydroxylation sites is 2. The Hall–Kier alpha value is -2.77. The molecule has 0 amide bonds. The predicted molar refractivity (Wildman–Crippen MR) is 111 cm³/mol. The fourth-order valence-electron chi connectivity index (χ4n) is 3.99. The van der Waals surface area contributed by atoms with Gasteiger partial charge in [-0.3, -0.25) is 13.5 Å². The van der Waals surface area contributed by atoms with E-state index in [1.54, 1.807) is 12.1 Å². The molecule has 28 heavy (non-hydrogen) atoms. The van der Waals surface area contributed by atoms with Crippen molar-refractivity contribution >= 4 is 32.7 Å². The van der Waals surface area contributed by atoms with Crippen LogP contribution in [0.1, 0.15) is 31.7 Å². The highest BCUT2D eigenvalue weighted by atomic mass is 32.1. The first-order chi connectivity index (χ1) is 13.6. The number of aromatic amines is 1. The molecule has 1 saturated carbocycles. The van der Waals surface area contributed by atoms with Gasteiger partial charge in [-0.1, -0.05) is 35.8 Å². The zero-order valence-corrected chi connectivity index (χ0v) is 15.9. The minimum Gasteiger partial charge on any atom is -0.393 e. The van der Waals surface area contributed by atoms with Crippen LogP contribution in [0.5, 0.6) is 0 Å². The molecule has 0 atom stereocenters. The molecule has 0 unspecified atom stereocenters. The fraction of sp³-hybridized carbons (Fsp3) is 0.286. The molecule has 1 fully saturated rings. The number of benzene rings is 2. The van der Waals surface area contributed by atoms with Crippen LogP contribution in [0.15, 0.2) is 52.1 Å². The van der Waals surface area contributed by atoms with Gasteiger partial charge >= 0.3 is 0 Å². The molecule has 2 N–H and O–H groups in total. The highest BCUT2D eigenvalue weighted by molar-refractivity contribution is 7.14. The second-order valence-corrected chi connectivity index (χ2v) is 8.28. The molecule has 0 saturated heterocycles.